The summed E-state index contributed by atoms with van der Waals surface area (Å²) in [5.41, 5.74) is 13.2. The molecule has 9 heteroatoms. The van der Waals surface area contributed by atoms with Crippen LogP contribution in [-0.4, -0.2) is 12.7 Å². The first-order valence-corrected chi connectivity index (χ1v) is 5.06. The third-order valence-electron chi connectivity index (χ3n) is 1.25. The second kappa shape index (κ2) is 17.1. The van der Waals surface area contributed by atoms with Gasteiger partial charge in [-0.15, -0.1) is 21.8 Å². The maximum atomic E-state index is 6.00. The fourth-order valence-corrected chi connectivity index (χ4v) is 0.812. The molecule has 0 heterocycles. The van der Waals surface area contributed by atoms with Crippen LogP contribution in [0.4, 0.5) is 0 Å². The molecule has 0 amide bonds. The molecule has 0 unspecified atom stereocenters. The van der Waals surface area contributed by atoms with Crippen LogP contribution in [0.15, 0.2) is 50.8 Å². The number of hydrogen-bond donors (Lipinski definition) is 4. The maximum absolute atomic E-state index is 6.00. The van der Waals surface area contributed by atoms with E-state index < -0.39 is 0 Å². The van der Waals surface area contributed by atoms with Crippen molar-refractivity contribution in [3.63, 3.8) is 0 Å². The highest BCUT2D eigenvalue weighted by Gasteiger charge is 1.81. The third kappa shape index (κ3) is 16.1. The lowest BCUT2D eigenvalue weighted by molar-refractivity contribution is 1.17. The van der Waals surface area contributed by atoms with E-state index in [1.165, 1.54) is 5.56 Å². The van der Waals surface area contributed by atoms with E-state index in [1.807, 2.05) is 30.3 Å². The summed E-state index contributed by atoms with van der Waals surface area (Å²) in [6.45, 7) is 0. The summed E-state index contributed by atoms with van der Waals surface area (Å²) in [6, 6.07) is 9.96. The lowest BCUT2D eigenvalue weighted by Crippen LogP contribution is -1.75. The summed E-state index contributed by atoms with van der Waals surface area (Å²) < 4.78 is 0. The van der Waals surface area contributed by atoms with Gasteiger partial charge in [0, 0.05) is 5.88 Å². The lowest BCUT2D eigenvalue weighted by Gasteiger charge is -1.88. The van der Waals surface area contributed by atoms with E-state index in [2.05, 4.69) is 32.1 Å². The Bertz CT molecular complexity index is 335. The lowest BCUT2D eigenvalue weighted by atomic mass is 10.2. The molecule has 0 radical (unpaired) electrons. The van der Waals surface area contributed by atoms with Crippen LogP contribution in [0.2, 0.25) is 0 Å². The molecule has 8 nitrogen and oxygen atoms in total. The van der Waals surface area contributed by atoms with Gasteiger partial charge in [0.25, 0.3) is 0 Å². The Hall–Kier alpha value is -2.35. The van der Waals surface area contributed by atoms with Crippen molar-refractivity contribution in [3.8, 4) is 0 Å². The molecule has 0 saturated heterocycles. The van der Waals surface area contributed by atoms with Gasteiger partial charge in [-0.05, 0) is 5.56 Å². The fraction of sp³-hybridized carbons (Fsp3) is 0.111. The summed E-state index contributed by atoms with van der Waals surface area (Å²) in [5, 5.41) is 11.1. The SMILES string of the molecule is ClCc1ccccc1.N=NC=NN.N=NC=NN. The largest absolute Gasteiger partial charge is 0.322 e. The molecule has 1 aromatic rings. The van der Waals surface area contributed by atoms with Crippen LogP contribution < -0.4 is 11.7 Å². The number of hydrazone groups is 2. The van der Waals surface area contributed by atoms with E-state index in [9.17, 15) is 0 Å². The van der Waals surface area contributed by atoms with E-state index in [4.69, 9.17) is 22.7 Å². The Balaban J connectivity index is 0. The zero-order valence-electron chi connectivity index (χ0n) is 9.57. The molecule has 0 aliphatic heterocycles. The van der Waals surface area contributed by atoms with Crippen LogP contribution in [-0.2, 0) is 5.88 Å². The van der Waals surface area contributed by atoms with E-state index in [-0.39, 0.29) is 0 Å². The zero-order chi connectivity index (χ0) is 14.1. The molecular weight excluding hydrogens is 256 g/mol. The van der Waals surface area contributed by atoms with E-state index in [1.54, 1.807) is 0 Å². The van der Waals surface area contributed by atoms with Gasteiger partial charge in [0.2, 0.25) is 0 Å². The van der Waals surface area contributed by atoms with Gasteiger partial charge in [-0.2, -0.15) is 10.2 Å². The molecule has 0 atom stereocenters. The number of nitrogens with two attached hydrogens (primary N) is 2. The quantitative estimate of drug-likeness (QED) is 0.166. The van der Waals surface area contributed by atoms with Crippen molar-refractivity contribution in [1.29, 1.82) is 11.1 Å². The monoisotopic (exact) mass is 270 g/mol. The number of nitrogens with one attached hydrogen (secondary N) is 2. The van der Waals surface area contributed by atoms with Gasteiger partial charge >= 0.3 is 0 Å². The molecule has 0 aromatic heterocycles. The summed E-state index contributed by atoms with van der Waals surface area (Å²) in [4.78, 5) is 0. The molecule has 18 heavy (non-hydrogen) atoms. The van der Waals surface area contributed by atoms with Crippen LogP contribution in [0.5, 0.6) is 0 Å². The van der Waals surface area contributed by atoms with E-state index in [0.29, 0.717) is 5.88 Å². The van der Waals surface area contributed by atoms with Gasteiger partial charge in [0.15, 0.2) is 12.7 Å². The zero-order valence-corrected chi connectivity index (χ0v) is 10.3. The summed E-state index contributed by atoms with van der Waals surface area (Å²) in [7, 11) is 0. The number of halogens is 1. The summed E-state index contributed by atoms with van der Waals surface area (Å²) in [6.07, 6.45) is 1.89. The Morgan fingerprint density at radius 2 is 1.44 bits per heavy atom. The van der Waals surface area contributed by atoms with Crippen LogP contribution in [0, 0.1) is 11.1 Å². The molecule has 1 aromatic carbocycles. The maximum Gasteiger partial charge on any atom is 0.156 e. The van der Waals surface area contributed by atoms with Crippen molar-refractivity contribution in [3.05, 3.63) is 35.9 Å². The van der Waals surface area contributed by atoms with Gasteiger partial charge < -0.3 is 11.7 Å². The first-order valence-electron chi connectivity index (χ1n) is 4.53. The number of rotatable bonds is 3. The van der Waals surface area contributed by atoms with Gasteiger partial charge in [-0.25, -0.2) is 11.1 Å². The normalized spacial score (nSPS) is 8.94. The number of nitrogens with zero attached hydrogens (tertiary/aromatic N) is 4. The van der Waals surface area contributed by atoms with Crippen molar-refractivity contribution >= 4 is 24.3 Å². The Labute approximate surface area is 110 Å². The number of hydrogen-bond acceptors (Lipinski definition) is 6. The Morgan fingerprint density at radius 3 is 1.61 bits per heavy atom. The average molecular weight is 271 g/mol. The number of benzene rings is 1. The highest BCUT2D eigenvalue weighted by atomic mass is 35.5. The molecule has 0 spiro atoms. The van der Waals surface area contributed by atoms with Gasteiger partial charge in [-0.1, -0.05) is 30.3 Å². The van der Waals surface area contributed by atoms with Crippen molar-refractivity contribution in [2.75, 3.05) is 0 Å². The van der Waals surface area contributed by atoms with E-state index >= 15 is 0 Å². The Morgan fingerprint density at radius 1 is 1.00 bits per heavy atom. The predicted molar refractivity (Wildman–Crippen MR) is 71.7 cm³/mol. The molecular formula is C9H15ClN8. The van der Waals surface area contributed by atoms with Crippen molar-refractivity contribution in [2.45, 2.75) is 5.88 Å². The minimum Gasteiger partial charge on any atom is -0.322 e. The van der Waals surface area contributed by atoms with Gasteiger partial charge in [0.1, 0.15) is 0 Å². The predicted octanol–water partition coefficient (Wildman–Crippen LogP) is 2.26. The first kappa shape index (κ1) is 18.0. The molecule has 98 valence electrons. The topological polar surface area (TPSA) is 149 Å². The van der Waals surface area contributed by atoms with E-state index in [0.717, 1.165) is 12.7 Å². The second-order valence-corrected chi connectivity index (χ2v) is 2.67. The summed E-state index contributed by atoms with van der Waals surface area (Å²) in [5.74, 6) is 9.60. The molecule has 1 rings (SSSR count). The highest BCUT2D eigenvalue weighted by molar-refractivity contribution is 6.17. The molecule has 0 fully saturated rings. The third-order valence-corrected chi connectivity index (χ3v) is 1.55. The van der Waals surface area contributed by atoms with Crippen LogP contribution in [0.1, 0.15) is 5.56 Å². The van der Waals surface area contributed by atoms with Crippen LogP contribution in [0.25, 0.3) is 0 Å². The second-order valence-electron chi connectivity index (χ2n) is 2.41. The molecule has 0 aliphatic rings. The fourth-order valence-electron chi connectivity index (χ4n) is 0.634. The van der Waals surface area contributed by atoms with Gasteiger partial charge in [-0.3, -0.25) is 0 Å². The minimum atomic E-state index is 0.612. The van der Waals surface area contributed by atoms with Crippen molar-refractivity contribution in [1.82, 2.24) is 0 Å². The van der Waals surface area contributed by atoms with Crippen molar-refractivity contribution in [2.24, 2.45) is 32.1 Å². The molecule has 0 saturated carbocycles. The Kier molecular flexibility index (Phi) is 17.1. The molecule has 6 N–H and O–H groups in total. The van der Waals surface area contributed by atoms with Gasteiger partial charge in [0.05, 0.1) is 0 Å². The highest BCUT2D eigenvalue weighted by Crippen LogP contribution is 2.00. The summed E-state index contributed by atoms with van der Waals surface area (Å²) >= 11 is 5.53. The average Bonchev–Trinajstić information content (AvgIpc) is 2.43. The van der Waals surface area contributed by atoms with Crippen LogP contribution in [0.3, 0.4) is 0 Å². The van der Waals surface area contributed by atoms with Crippen molar-refractivity contribution < 1.29 is 0 Å². The first-order chi connectivity index (χ1) is 8.76. The molecule has 0 aliphatic carbocycles. The standard InChI is InChI=1S/C7H7Cl.2CH4N4/c8-6-7-4-2-1-3-5-7;2*2-4-1-5-3/h1-5H,6H2;2*1-2H,3H2. The number of alkyl halides is 1. The smallest absolute Gasteiger partial charge is 0.156 e. The van der Waals surface area contributed by atoms with Crippen LogP contribution >= 0.6 is 11.6 Å². The molecule has 0 bridgehead atoms. The minimum absolute atomic E-state index is 0.612.